The summed E-state index contributed by atoms with van der Waals surface area (Å²) in [7, 11) is 0. The molecule has 0 amide bonds. The Morgan fingerprint density at radius 3 is 2.46 bits per heavy atom. The van der Waals surface area contributed by atoms with E-state index in [4.69, 9.17) is 14.8 Å². The summed E-state index contributed by atoms with van der Waals surface area (Å²) < 4.78 is 22.7. The fourth-order valence-corrected chi connectivity index (χ4v) is 5.01. The fraction of sp³-hybridized carbons (Fsp3) is 0.552. The molecule has 4 rings (SSSR count). The zero-order valence-corrected chi connectivity index (χ0v) is 22.9. The fourth-order valence-electron chi connectivity index (χ4n) is 5.01. The maximum Gasteiger partial charge on any atom is 0.307 e. The van der Waals surface area contributed by atoms with Crippen molar-refractivity contribution < 1.29 is 19.0 Å². The molecule has 7 nitrogen and oxygen atoms in total. The van der Waals surface area contributed by atoms with Crippen LogP contribution in [0.3, 0.4) is 0 Å². The van der Waals surface area contributed by atoms with Crippen molar-refractivity contribution in [3.8, 4) is 17.0 Å². The van der Waals surface area contributed by atoms with Gasteiger partial charge in [0.2, 0.25) is 0 Å². The summed E-state index contributed by atoms with van der Waals surface area (Å²) in [6, 6.07) is 3.44. The number of hydrogen-bond donors (Lipinski definition) is 1. The Balaban J connectivity index is 1.93. The van der Waals surface area contributed by atoms with Gasteiger partial charge in [0.15, 0.2) is 23.0 Å². The summed E-state index contributed by atoms with van der Waals surface area (Å²) in [4.78, 5) is 18.9. The summed E-state index contributed by atoms with van der Waals surface area (Å²) in [5.41, 5.74) is 4.75. The maximum atomic E-state index is 15.3. The molecule has 0 saturated heterocycles. The number of fused-ring (bicyclic) bond motifs is 2. The lowest BCUT2D eigenvalue weighted by Gasteiger charge is -2.24. The van der Waals surface area contributed by atoms with Crippen LogP contribution in [0.4, 0.5) is 10.2 Å². The molecule has 1 aliphatic heterocycles. The second kappa shape index (κ2) is 11.1. The highest BCUT2D eigenvalue weighted by molar-refractivity contribution is 5.79. The van der Waals surface area contributed by atoms with E-state index in [-0.39, 0.29) is 6.42 Å². The van der Waals surface area contributed by atoms with Gasteiger partial charge in [0.25, 0.3) is 0 Å². The molecule has 1 N–H and O–H groups in total. The predicted octanol–water partition coefficient (Wildman–Crippen LogP) is 6.00. The van der Waals surface area contributed by atoms with Crippen LogP contribution in [-0.4, -0.2) is 45.4 Å². The molecule has 1 aliphatic rings. The maximum absolute atomic E-state index is 15.3. The number of benzene rings is 1. The number of carboxylic acid groups (broad SMARTS) is 1. The molecule has 0 saturated carbocycles. The van der Waals surface area contributed by atoms with Crippen LogP contribution in [0.25, 0.3) is 16.9 Å². The van der Waals surface area contributed by atoms with Gasteiger partial charge < -0.3 is 14.7 Å². The molecule has 0 atom stereocenters. The molecule has 0 aliphatic carbocycles. The molecule has 2 aromatic heterocycles. The Kier molecular flexibility index (Phi) is 8.05. The Labute approximate surface area is 218 Å². The molecule has 0 radical (unpaired) electrons. The summed E-state index contributed by atoms with van der Waals surface area (Å²) in [6.07, 6.45) is 3.37. The number of halogens is 1. The Morgan fingerprint density at radius 1 is 1.16 bits per heavy atom. The summed E-state index contributed by atoms with van der Waals surface area (Å²) >= 11 is 0. The van der Waals surface area contributed by atoms with Crippen LogP contribution in [0.5, 0.6) is 5.75 Å². The van der Waals surface area contributed by atoms with Gasteiger partial charge in [-0.05, 0) is 63.0 Å². The molecule has 200 valence electrons. The first-order chi connectivity index (χ1) is 17.6. The van der Waals surface area contributed by atoms with Crippen LogP contribution in [-0.2, 0) is 17.6 Å². The van der Waals surface area contributed by atoms with E-state index in [1.165, 1.54) is 6.07 Å². The Hall–Kier alpha value is -3.16. The van der Waals surface area contributed by atoms with Crippen molar-refractivity contribution in [3.05, 3.63) is 40.3 Å². The van der Waals surface area contributed by atoms with Gasteiger partial charge >= 0.3 is 5.97 Å². The quantitative estimate of drug-likeness (QED) is 0.360. The number of rotatable bonds is 10. The Bertz CT molecular complexity index is 1290. The minimum absolute atomic E-state index is 0.224. The van der Waals surface area contributed by atoms with Crippen LogP contribution in [0.2, 0.25) is 0 Å². The van der Waals surface area contributed by atoms with E-state index in [2.05, 4.69) is 32.6 Å². The SMILES string of the molecule is Cc1nc2cc(N(CCC(C)C)CCC(C)C)nn2c(-c2cc(F)c3c(c2C)CCCO3)c1CC(=O)O. The number of ether oxygens (including phenoxy) is 1. The highest BCUT2D eigenvalue weighted by atomic mass is 19.1. The number of hydrogen-bond acceptors (Lipinski definition) is 5. The summed E-state index contributed by atoms with van der Waals surface area (Å²) in [5.74, 6) is 0.834. The first-order valence-corrected chi connectivity index (χ1v) is 13.4. The van der Waals surface area contributed by atoms with Crippen LogP contribution in [0.15, 0.2) is 12.1 Å². The van der Waals surface area contributed by atoms with Gasteiger partial charge in [0, 0.05) is 41.5 Å². The largest absolute Gasteiger partial charge is 0.490 e. The number of carboxylic acids is 1. The van der Waals surface area contributed by atoms with E-state index >= 15 is 4.39 Å². The molecule has 37 heavy (non-hydrogen) atoms. The molecule has 0 unspecified atom stereocenters. The van der Waals surface area contributed by atoms with Crippen LogP contribution < -0.4 is 9.64 Å². The molecule has 3 heterocycles. The van der Waals surface area contributed by atoms with Crippen molar-refractivity contribution in [2.24, 2.45) is 11.8 Å². The minimum Gasteiger partial charge on any atom is -0.490 e. The molecule has 1 aromatic carbocycles. The van der Waals surface area contributed by atoms with Crippen LogP contribution in [0.1, 0.15) is 69.3 Å². The lowest BCUT2D eigenvalue weighted by Crippen LogP contribution is -2.28. The van der Waals surface area contributed by atoms with Gasteiger partial charge in [0.05, 0.1) is 18.7 Å². The number of carbonyl (C=O) groups is 1. The summed E-state index contributed by atoms with van der Waals surface area (Å²) in [6.45, 7) is 14.9. The van der Waals surface area contributed by atoms with Crippen LogP contribution >= 0.6 is 0 Å². The molecule has 3 aromatic rings. The van der Waals surface area contributed by atoms with Gasteiger partial charge in [-0.1, -0.05) is 27.7 Å². The number of nitrogens with zero attached hydrogens (tertiary/aromatic N) is 4. The first kappa shape index (κ1) is 26.9. The topological polar surface area (TPSA) is 80.0 Å². The molecule has 0 fully saturated rings. The van der Waals surface area contributed by atoms with Crippen molar-refractivity contribution in [3.63, 3.8) is 0 Å². The van der Waals surface area contributed by atoms with Crippen LogP contribution in [0, 0.1) is 31.5 Å². The average molecular weight is 511 g/mol. The highest BCUT2D eigenvalue weighted by Gasteiger charge is 2.26. The second-order valence-corrected chi connectivity index (χ2v) is 11.0. The highest BCUT2D eigenvalue weighted by Crippen LogP contribution is 2.39. The standard InChI is InChI=1S/C29H39FN4O3/c1-17(2)9-11-33(12-10-18(3)4)26-16-25-31-20(6)23(15-27(35)36)28(34(25)32-26)22-14-24(30)29-21(19(22)5)8-7-13-37-29/h14,16-18H,7-13,15H2,1-6H3,(H,35,36). The van der Waals surface area contributed by atoms with Crippen molar-refractivity contribution in [2.75, 3.05) is 24.6 Å². The smallest absolute Gasteiger partial charge is 0.307 e. The third-order valence-corrected chi connectivity index (χ3v) is 7.19. The number of anilines is 1. The van der Waals surface area contributed by atoms with E-state index in [0.717, 1.165) is 55.7 Å². The lowest BCUT2D eigenvalue weighted by molar-refractivity contribution is -0.136. The zero-order valence-electron chi connectivity index (χ0n) is 22.9. The average Bonchev–Trinajstić information content (AvgIpc) is 3.24. The first-order valence-electron chi connectivity index (χ1n) is 13.4. The van der Waals surface area contributed by atoms with Gasteiger partial charge in [0.1, 0.15) is 0 Å². The lowest BCUT2D eigenvalue weighted by atomic mass is 9.91. The zero-order chi connectivity index (χ0) is 26.9. The monoisotopic (exact) mass is 510 g/mol. The van der Waals surface area contributed by atoms with E-state index in [0.29, 0.717) is 52.4 Å². The van der Waals surface area contributed by atoms with Gasteiger partial charge in [-0.25, -0.2) is 13.9 Å². The molecule has 8 heteroatoms. The second-order valence-electron chi connectivity index (χ2n) is 11.0. The molecular formula is C29H39FN4O3. The van der Waals surface area contributed by atoms with Gasteiger partial charge in [-0.2, -0.15) is 0 Å². The van der Waals surface area contributed by atoms with E-state index in [1.807, 2.05) is 19.9 Å². The van der Waals surface area contributed by atoms with Crippen molar-refractivity contribution >= 4 is 17.4 Å². The van der Waals surface area contributed by atoms with E-state index < -0.39 is 11.8 Å². The van der Waals surface area contributed by atoms with Crippen molar-refractivity contribution in [1.29, 1.82) is 0 Å². The summed E-state index contributed by atoms with van der Waals surface area (Å²) in [5, 5.41) is 14.7. The number of aliphatic carboxylic acids is 1. The molecule has 0 spiro atoms. The third-order valence-electron chi connectivity index (χ3n) is 7.19. The number of aryl methyl sites for hydroxylation is 1. The molecular weight excluding hydrogens is 471 g/mol. The normalized spacial score (nSPS) is 13.3. The molecule has 0 bridgehead atoms. The van der Waals surface area contributed by atoms with Crippen molar-refractivity contribution in [1.82, 2.24) is 14.6 Å². The number of aromatic nitrogens is 3. The van der Waals surface area contributed by atoms with Gasteiger partial charge in [-0.15, -0.1) is 5.10 Å². The minimum atomic E-state index is -0.965. The third kappa shape index (κ3) is 5.73. The van der Waals surface area contributed by atoms with E-state index in [1.54, 1.807) is 4.52 Å². The van der Waals surface area contributed by atoms with Gasteiger partial charge in [-0.3, -0.25) is 4.79 Å². The predicted molar refractivity (Wildman–Crippen MR) is 144 cm³/mol. The van der Waals surface area contributed by atoms with Crippen molar-refractivity contribution in [2.45, 2.75) is 73.6 Å². The Morgan fingerprint density at radius 2 is 1.84 bits per heavy atom. The van der Waals surface area contributed by atoms with E-state index in [9.17, 15) is 9.90 Å².